The van der Waals surface area contributed by atoms with E-state index >= 15 is 0 Å². The van der Waals surface area contributed by atoms with Crippen LogP contribution in [0.15, 0.2) is 309 Å². The van der Waals surface area contributed by atoms with Crippen molar-refractivity contribution in [1.29, 1.82) is 0 Å². The second-order valence-electron chi connectivity index (χ2n) is 25.1. The molecule has 2 heteroatoms. The maximum atomic E-state index is 2.49. The van der Waals surface area contributed by atoms with Crippen LogP contribution in [-0.2, 0) is 16.2 Å². The summed E-state index contributed by atoms with van der Waals surface area (Å²) in [6, 6.07) is 114. The highest BCUT2D eigenvalue weighted by molar-refractivity contribution is 6.28. The van der Waals surface area contributed by atoms with Gasteiger partial charge in [-0.2, -0.15) is 0 Å². The maximum absolute atomic E-state index is 2.49. The smallest absolute Gasteiger partial charge is 0.0713 e. The molecular formula is C86H66N2. The highest BCUT2D eigenvalue weighted by Crippen LogP contribution is 2.59. The Balaban J connectivity index is 0.874. The van der Waals surface area contributed by atoms with Crippen molar-refractivity contribution in [1.82, 2.24) is 0 Å². The lowest BCUT2D eigenvalue weighted by atomic mass is 9.68. The Morgan fingerprint density at radius 3 is 0.977 bits per heavy atom. The lowest BCUT2D eigenvalue weighted by Crippen LogP contribution is -2.28. The Morgan fingerprint density at radius 1 is 0.318 bits per heavy atom. The molecule has 2 aliphatic carbocycles. The van der Waals surface area contributed by atoms with Crippen LogP contribution >= 0.6 is 0 Å². The van der Waals surface area contributed by atoms with E-state index in [1.54, 1.807) is 0 Å². The molecule has 0 amide bonds. The zero-order chi connectivity index (χ0) is 59.3. The quantitative estimate of drug-likeness (QED) is 0.119. The molecule has 0 bridgehead atoms. The summed E-state index contributed by atoms with van der Waals surface area (Å²) in [7, 11) is 0. The summed E-state index contributed by atoms with van der Waals surface area (Å²) in [6.07, 6.45) is 2.19. The number of anilines is 6. The van der Waals surface area contributed by atoms with E-state index in [1.807, 2.05) is 0 Å². The van der Waals surface area contributed by atoms with Crippen molar-refractivity contribution < 1.29 is 0 Å². The molecule has 0 heterocycles. The van der Waals surface area contributed by atoms with Gasteiger partial charge in [-0.3, -0.25) is 0 Å². The summed E-state index contributed by atoms with van der Waals surface area (Å²) in [5.41, 5.74) is 24.8. The van der Waals surface area contributed by atoms with Crippen LogP contribution in [0.4, 0.5) is 34.1 Å². The van der Waals surface area contributed by atoms with Crippen LogP contribution in [0.2, 0.25) is 0 Å². The normalized spacial score (nSPS) is 13.8. The van der Waals surface area contributed by atoms with Crippen molar-refractivity contribution in [2.24, 2.45) is 0 Å². The Morgan fingerprint density at radius 2 is 0.625 bits per heavy atom. The molecular weight excluding hydrogens is 1060 g/mol. The largest absolute Gasteiger partial charge is 0.310 e. The molecule has 0 aliphatic heterocycles. The van der Waals surface area contributed by atoms with E-state index < -0.39 is 10.8 Å². The van der Waals surface area contributed by atoms with E-state index in [0.717, 1.165) is 34.1 Å². The number of hydrogen-bond donors (Lipinski definition) is 0. The number of fused-ring (bicyclic) bond motifs is 6. The van der Waals surface area contributed by atoms with Crippen LogP contribution < -0.4 is 9.80 Å². The minimum atomic E-state index is -0.503. The molecule has 0 atom stereocenters. The van der Waals surface area contributed by atoms with Crippen LogP contribution in [-0.4, -0.2) is 0 Å². The van der Waals surface area contributed by atoms with Crippen LogP contribution in [0, 0.1) is 0 Å². The molecule has 2 nitrogen and oxygen atoms in total. The fraction of sp³-hybridized carbons (Fsp3) is 0.0930. The molecule has 0 aromatic heterocycles. The van der Waals surface area contributed by atoms with Crippen LogP contribution in [0.3, 0.4) is 0 Å². The zero-order valence-corrected chi connectivity index (χ0v) is 50.3. The van der Waals surface area contributed by atoms with Crippen molar-refractivity contribution in [2.45, 2.75) is 50.9 Å². The minimum absolute atomic E-state index is 0.00243. The van der Waals surface area contributed by atoms with Crippen molar-refractivity contribution in [3.8, 4) is 22.3 Å². The standard InChI is InChI=1S/C86H66N2/c1-6-57(2)58-33-45-66(46-34-58)87(68-49-41-64(42-50-68)85(62-21-9-7-10-22-62)76-29-17-13-25-70(76)71-26-14-18-30-77(71)85)80-55-37-59-36-54-75-81(56-38-60-35-53-74(80)82(59)83(60)75)88(67-47-39-61(40-48-67)84(3,4)5)69-51-43-65(44-52-69)86(63-23-11-8-12-24-63)78-31-19-15-27-72(78)73-28-16-20-32-79(73)86/h6-56H,1-5H3/b57-6+. The average Bonchev–Trinajstić information content (AvgIpc) is 1.11. The monoisotopic (exact) mass is 1130 g/mol. The minimum Gasteiger partial charge on any atom is -0.310 e. The number of benzene rings is 14. The first-order valence-electron chi connectivity index (χ1n) is 31.0. The van der Waals surface area contributed by atoms with Gasteiger partial charge < -0.3 is 9.80 Å². The molecule has 0 unspecified atom stereocenters. The number of rotatable bonds is 11. The third kappa shape index (κ3) is 7.95. The van der Waals surface area contributed by atoms with E-state index in [4.69, 9.17) is 0 Å². The molecule has 0 spiro atoms. The van der Waals surface area contributed by atoms with E-state index in [1.165, 1.54) is 116 Å². The topological polar surface area (TPSA) is 6.48 Å². The number of nitrogens with zero attached hydrogens (tertiary/aromatic N) is 2. The first kappa shape index (κ1) is 53.0. The van der Waals surface area contributed by atoms with Gasteiger partial charge in [-0.15, -0.1) is 0 Å². The van der Waals surface area contributed by atoms with Crippen LogP contribution in [0.1, 0.15) is 90.3 Å². The molecule has 420 valence electrons. The van der Waals surface area contributed by atoms with Gasteiger partial charge in [0.15, 0.2) is 0 Å². The summed E-state index contributed by atoms with van der Waals surface area (Å²) in [6.45, 7) is 11.2. The van der Waals surface area contributed by atoms with Crippen LogP contribution in [0.25, 0.3) is 60.1 Å². The summed E-state index contributed by atoms with van der Waals surface area (Å²) in [5.74, 6) is 0. The number of hydrogen-bond acceptors (Lipinski definition) is 2. The van der Waals surface area contributed by atoms with E-state index in [-0.39, 0.29) is 5.41 Å². The number of allylic oxidation sites excluding steroid dienone is 2. The van der Waals surface area contributed by atoms with Crippen molar-refractivity contribution >= 4 is 72.0 Å². The van der Waals surface area contributed by atoms with Crippen molar-refractivity contribution in [2.75, 3.05) is 9.80 Å². The van der Waals surface area contributed by atoms with E-state index in [9.17, 15) is 0 Å². The van der Waals surface area contributed by atoms with Crippen molar-refractivity contribution in [3.63, 3.8) is 0 Å². The van der Waals surface area contributed by atoms with Gasteiger partial charge in [-0.1, -0.05) is 270 Å². The second-order valence-corrected chi connectivity index (χ2v) is 25.1. The zero-order valence-electron chi connectivity index (χ0n) is 50.3. The van der Waals surface area contributed by atoms with Crippen molar-refractivity contribution in [3.05, 3.63) is 365 Å². The predicted octanol–water partition coefficient (Wildman–Crippen LogP) is 23.0. The summed E-state index contributed by atoms with van der Waals surface area (Å²) in [5, 5.41) is 7.31. The molecule has 14 aromatic carbocycles. The van der Waals surface area contributed by atoms with Gasteiger partial charge in [0.05, 0.1) is 22.2 Å². The molecule has 2 aliphatic rings. The van der Waals surface area contributed by atoms with E-state index in [0.29, 0.717) is 0 Å². The molecule has 0 fully saturated rings. The van der Waals surface area contributed by atoms with Gasteiger partial charge >= 0.3 is 0 Å². The first-order valence-corrected chi connectivity index (χ1v) is 31.0. The van der Waals surface area contributed by atoms with Gasteiger partial charge in [0.2, 0.25) is 0 Å². The molecule has 0 radical (unpaired) electrons. The maximum Gasteiger partial charge on any atom is 0.0713 e. The second kappa shape index (κ2) is 20.6. The molecule has 0 saturated heterocycles. The SMILES string of the molecule is C/C=C(\C)c1ccc(N(c2ccc(C3(c4ccccc4)c4ccccc4-c4ccccc43)cc2)c2ccc3ccc4c(N(c5ccc(C(C)(C)C)cc5)c5ccc(C6(c7ccccc7)c7ccccc7-c7ccccc76)cc5)ccc5ccc2c3c54)cc1. The van der Waals surface area contributed by atoms with Gasteiger partial charge in [0.1, 0.15) is 0 Å². The molecule has 14 aromatic rings. The van der Waals surface area contributed by atoms with Crippen LogP contribution in [0.5, 0.6) is 0 Å². The first-order chi connectivity index (χ1) is 43.2. The molecule has 16 rings (SSSR count). The summed E-state index contributed by atoms with van der Waals surface area (Å²) in [4.78, 5) is 4.96. The third-order valence-electron chi connectivity index (χ3n) is 19.5. The Bertz CT molecular complexity index is 4900. The highest BCUT2D eigenvalue weighted by Gasteiger charge is 2.47. The lowest BCUT2D eigenvalue weighted by Gasteiger charge is -2.35. The molecule has 0 saturated carbocycles. The Kier molecular flexibility index (Phi) is 12.4. The van der Waals surface area contributed by atoms with E-state index in [2.05, 4.69) is 354 Å². The van der Waals surface area contributed by atoms with Gasteiger partial charge in [0, 0.05) is 33.5 Å². The summed E-state index contributed by atoms with van der Waals surface area (Å²) < 4.78 is 0. The third-order valence-corrected chi connectivity index (χ3v) is 19.5. The Hall–Kier alpha value is -10.5. The molecule has 0 N–H and O–H groups in total. The Labute approximate surface area is 516 Å². The average molecular weight is 1130 g/mol. The van der Waals surface area contributed by atoms with Gasteiger partial charge in [-0.25, -0.2) is 0 Å². The fourth-order valence-electron chi connectivity index (χ4n) is 15.3. The fourth-order valence-corrected chi connectivity index (χ4v) is 15.3. The highest BCUT2D eigenvalue weighted by atomic mass is 15.1. The van der Waals surface area contributed by atoms with Gasteiger partial charge in [-0.05, 0) is 185 Å². The van der Waals surface area contributed by atoms with Gasteiger partial charge in [0.25, 0.3) is 0 Å². The molecule has 88 heavy (non-hydrogen) atoms. The lowest BCUT2D eigenvalue weighted by molar-refractivity contribution is 0.590. The predicted molar refractivity (Wildman–Crippen MR) is 372 cm³/mol. The summed E-state index contributed by atoms with van der Waals surface area (Å²) >= 11 is 0.